The quantitative estimate of drug-likeness (QED) is 0.519. The normalized spacial score (nSPS) is 18.2. The van der Waals surface area contributed by atoms with Gasteiger partial charge in [-0.3, -0.25) is 14.5 Å². The Labute approximate surface area is 180 Å². The molecule has 3 rings (SSSR count). The fourth-order valence-corrected chi connectivity index (χ4v) is 4.15. The first-order valence-electron chi connectivity index (χ1n) is 9.23. The van der Waals surface area contributed by atoms with Gasteiger partial charge in [-0.05, 0) is 50.6 Å². The first-order valence-corrected chi connectivity index (χ1v) is 10.1. The largest absolute Gasteiger partial charge is 0.462 e. The van der Waals surface area contributed by atoms with Crippen LogP contribution in [0.2, 0.25) is 0 Å². The first-order chi connectivity index (χ1) is 14.6. The molecule has 31 heavy (non-hydrogen) atoms. The molecule has 0 bridgehead atoms. The van der Waals surface area contributed by atoms with Crippen LogP contribution in [-0.4, -0.2) is 41.9 Å². The van der Waals surface area contributed by atoms with E-state index in [1.165, 1.54) is 6.92 Å². The lowest BCUT2D eigenvalue weighted by atomic mass is 9.91. The highest BCUT2D eigenvalue weighted by molar-refractivity contribution is 7.18. The summed E-state index contributed by atoms with van der Waals surface area (Å²) in [7, 11) is 0. The summed E-state index contributed by atoms with van der Waals surface area (Å²) in [6.45, 7) is 4.13. The second-order valence-electron chi connectivity index (χ2n) is 6.96. The summed E-state index contributed by atoms with van der Waals surface area (Å²) in [5.41, 5.74) is -1.61. The molecule has 2 aromatic rings. The fraction of sp³-hybridized carbons (Fsp3) is 0.300. The van der Waals surface area contributed by atoms with Crippen molar-refractivity contribution >= 4 is 40.2 Å². The van der Waals surface area contributed by atoms with Gasteiger partial charge in [-0.1, -0.05) is 0 Å². The van der Waals surface area contributed by atoms with Gasteiger partial charge in [0.25, 0.3) is 5.91 Å². The van der Waals surface area contributed by atoms with Crippen molar-refractivity contribution in [2.45, 2.75) is 26.3 Å². The van der Waals surface area contributed by atoms with Crippen LogP contribution in [0.25, 0.3) is 0 Å². The molecule has 164 valence electrons. The van der Waals surface area contributed by atoms with E-state index in [0.717, 1.165) is 29.5 Å². The van der Waals surface area contributed by atoms with Crippen molar-refractivity contribution in [2.24, 2.45) is 0 Å². The van der Waals surface area contributed by atoms with E-state index in [4.69, 9.17) is 4.74 Å². The Kier molecular flexibility index (Phi) is 6.07. The van der Waals surface area contributed by atoms with E-state index >= 15 is 0 Å². The molecule has 1 unspecified atom stereocenters. The number of rotatable bonds is 6. The van der Waals surface area contributed by atoms with E-state index in [-0.39, 0.29) is 12.2 Å². The van der Waals surface area contributed by atoms with Crippen LogP contribution < -0.4 is 10.6 Å². The summed E-state index contributed by atoms with van der Waals surface area (Å²) in [6, 6.07) is 3.21. The van der Waals surface area contributed by atoms with E-state index in [0.29, 0.717) is 20.3 Å². The van der Waals surface area contributed by atoms with Gasteiger partial charge in [0.2, 0.25) is 5.91 Å². The molecule has 1 aliphatic rings. The Morgan fingerprint density at radius 3 is 2.65 bits per heavy atom. The van der Waals surface area contributed by atoms with Gasteiger partial charge in [0.15, 0.2) is 0 Å². The third-order valence-corrected chi connectivity index (χ3v) is 5.82. The molecular weight excluding hydrogens is 432 g/mol. The average Bonchev–Trinajstić information content (AvgIpc) is 3.16. The Balaban J connectivity index is 1.74. The molecule has 4 amide bonds. The maximum absolute atomic E-state index is 14.2. The summed E-state index contributed by atoms with van der Waals surface area (Å²) in [6.07, 6.45) is 0. The molecular formula is C20H19F2N3O5S. The molecule has 1 saturated heterocycles. The van der Waals surface area contributed by atoms with Gasteiger partial charge in [-0.25, -0.2) is 18.4 Å². The molecule has 1 fully saturated rings. The number of anilines is 1. The van der Waals surface area contributed by atoms with Gasteiger partial charge in [0.1, 0.15) is 28.6 Å². The number of imide groups is 1. The topological polar surface area (TPSA) is 105 Å². The molecule has 1 aromatic carbocycles. The van der Waals surface area contributed by atoms with E-state index in [9.17, 15) is 28.0 Å². The number of esters is 1. The van der Waals surface area contributed by atoms with Crippen LogP contribution in [-0.2, 0) is 19.9 Å². The second kappa shape index (κ2) is 8.42. The molecule has 8 nitrogen and oxygen atoms in total. The summed E-state index contributed by atoms with van der Waals surface area (Å²) in [5, 5.41) is 5.17. The lowest BCUT2D eigenvalue weighted by Crippen LogP contribution is -2.42. The highest BCUT2D eigenvalue weighted by Crippen LogP contribution is 2.31. The Morgan fingerprint density at radius 2 is 1.97 bits per heavy atom. The number of aryl methyl sites for hydroxylation is 1. The Bertz CT molecular complexity index is 1090. The lowest BCUT2D eigenvalue weighted by Gasteiger charge is -2.22. The Morgan fingerprint density at radius 1 is 1.26 bits per heavy atom. The smallest absolute Gasteiger partial charge is 0.348 e. The van der Waals surface area contributed by atoms with Gasteiger partial charge in [-0.15, -0.1) is 11.3 Å². The average molecular weight is 451 g/mol. The van der Waals surface area contributed by atoms with Gasteiger partial charge >= 0.3 is 12.0 Å². The number of halogens is 2. The molecule has 1 aromatic heterocycles. The van der Waals surface area contributed by atoms with E-state index in [1.54, 1.807) is 19.9 Å². The maximum Gasteiger partial charge on any atom is 0.348 e. The van der Waals surface area contributed by atoms with Crippen molar-refractivity contribution in [1.82, 2.24) is 10.2 Å². The zero-order valence-electron chi connectivity index (χ0n) is 16.9. The number of nitrogens with zero attached hydrogens (tertiary/aromatic N) is 1. The van der Waals surface area contributed by atoms with Crippen LogP contribution in [0.1, 0.15) is 34.6 Å². The number of thiophene rings is 1. The van der Waals surface area contributed by atoms with Crippen LogP contribution >= 0.6 is 11.3 Å². The molecule has 0 saturated carbocycles. The van der Waals surface area contributed by atoms with Crippen LogP contribution in [0.5, 0.6) is 0 Å². The lowest BCUT2D eigenvalue weighted by molar-refractivity contribution is -0.133. The van der Waals surface area contributed by atoms with Crippen molar-refractivity contribution in [1.29, 1.82) is 0 Å². The third-order valence-electron chi connectivity index (χ3n) is 4.68. The monoisotopic (exact) mass is 451 g/mol. The molecule has 11 heteroatoms. The fourth-order valence-electron chi connectivity index (χ4n) is 3.17. The minimum absolute atomic E-state index is 0.203. The van der Waals surface area contributed by atoms with Crippen LogP contribution in [0.4, 0.5) is 18.6 Å². The minimum Gasteiger partial charge on any atom is -0.462 e. The van der Waals surface area contributed by atoms with Gasteiger partial charge in [0, 0.05) is 5.56 Å². The molecule has 0 spiro atoms. The SMILES string of the molecule is CCOC(=O)c1sc(NC(=O)CN2C(=O)NC(C)(c3cc(F)ccc3F)C2=O)cc1C. The van der Waals surface area contributed by atoms with Gasteiger partial charge in [-0.2, -0.15) is 0 Å². The second-order valence-corrected chi connectivity index (χ2v) is 8.01. The number of carbonyl (C=O) groups is 4. The number of ether oxygens (including phenoxy) is 1. The zero-order valence-corrected chi connectivity index (χ0v) is 17.7. The van der Waals surface area contributed by atoms with E-state index in [1.807, 2.05) is 0 Å². The number of benzene rings is 1. The van der Waals surface area contributed by atoms with Crippen LogP contribution in [0.15, 0.2) is 24.3 Å². The van der Waals surface area contributed by atoms with Gasteiger partial charge < -0.3 is 15.4 Å². The summed E-state index contributed by atoms with van der Waals surface area (Å²) in [5.74, 6) is -3.77. The third kappa shape index (κ3) is 4.26. The van der Waals surface area contributed by atoms with E-state index < -0.39 is 47.5 Å². The number of amides is 4. The van der Waals surface area contributed by atoms with Crippen LogP contribution in [0, 0.1) is 18.6 Å². The van der Waals surface area contributed by atoms with E-state index in [2.05, 4.69) is 10.6 Å². The standard InChI is InChI=1S/C20H19F2N3O5S/c1-4-30-17(27)16-10(2)7-15(31-16)23-14(26)9-25-18(28)20(3,24-19(25)29)12-8-11(21)5-6-13(12)22/h5-8H,4,9H2,1-3H3,(H,23,26)(H,24,29). The molecule has 2 N–H and O–H groups in total. The maximum atomic E-state index is 14.2. The summed E-state index contributed by atoms with van der Waals surface area (Å²) in [4.78, 5) is 50.4. The summed E-state index contributed by atoms with van der Waals surface area (Å²) < 4.78 is 32.7. The van der Waals surface area contributed by atoms with Crippen molar-refractivity contribution in [3.8, 4) is 0 Å². The number of hydrogen-bond donors (Lipinski definition) is 2. The first kappa shape index (κ1) is 22.3. The number of carbonyl (C=O) groups excluding carboxylic acids is 4. The highest BCUT2D eigenvalue weighted by Gasteiger charge is 2.50. The number of hydrogen-bond acceptors (Lipinski definition) is 6. The van der Waals surface area contributed by atoms with Crippen molar-refractivity contribution in [3.05, 3.63) is 51.9 Å². The molecule has 1 atom stereocenters. The predicted molar refractivity (Wildman–Crippen MR) is 108 cm³/mol. The van der Waals surface area contributed by atoms with Crippen molar-refractivity contribution in [2.75, 3.05) is 18.5 Å². The molecule has 1 aliphatic heterocycles. The molecule has 2 heterocycles. The molecule has 0 radical (unpaired) electrons. The van der Waals surface area contributed by atoms with Gasteiger partial charge in [0.05, 0.1) is 11.6 Å². The zero-order chi connectivity index (χ0) is 22.9. The predicted octanol–water partition coefficient (Wildman–Crippen LogP) is 2.92. The summed E-state index contributed by atoms with van der Waals surface area (Å²) >= 11 is 0.994. The van der Waals surface area contributed by atoms with Crippen molar-refractivity contribution < 1.29 is 32.7 Å². The number of urea groups is 1. The molecule has 0 aliphatic carbocycles. The van der Waals surface area contributed by atoms with Crippen LogP contribution in [0.3, 0.4) is 0 Å². The Hall–Kier alpha value is -3.34. The van der Waals surface area contributed by atoms with Crippen molar-refractivity contribution in [3.63, 3.8) is 0 Å². The number of nitrogens with one attached hydrogen (secondary N) is 2. The minimum atomic E-state index is -1.86. The highest BCUT2D eigenvalue weighted by atomic mass is 32.1.